The molecule has 1 saturated carbocycles. The minimum atomic E-state index is -0.366. The highest BCUT2D eigenvalue weighted by molar-refractivity contribution is 8.13. The highest BCUT2D eigenvalue weighted by Crippen LogP contribution is 2.37. The summed E-state index contributed by atoms with van der Waals surface area (Å²) in [5, 5.41) is 4.89. The molecule has 38 heavy (non-hydrogen) atoms. The lowest BCUT2D eigenvalue weighted by Gasteiger charge is -2.32. The predicted molar refractivity (Wildman–Crippen MR) is 169 cm³/mol. The number of rotatable bonds is 2. The van der Waals surface area contributed by atoms with Gasteiger partial charge in [0.15, 0.2) is 5.75 Å². The van der Waals surface area contributed by atoms with Gasteiger partial charge in [-0.3, -0.25) is 9.71 Å². The summed E-state index contributed by atoms with van der Waals surface area (Å²) in [5.41, 5.74) is 3.07. The number of nitrogens with zero attached hydrogens (tertiary/aromatic N) is 1. The molecule has 1 aliphatic carbocycles. The number of nitrogens with one attached hydrogen (secondary N) is 2. The van der Waals surface area contributed by atoms with Crippen molar-refractivity contribution >= 4 is 46.5 Å². The third-order valence-corrected chi connectivity index (χ3v) is 7.24. The van der Waals surface area contributed by atoms with E-state index in [0.29, 0.717) is 17.8 Å². The van der Waals surface area contributed by atoms with Gasteiger partial charge in [0, 0.05) is 17.2 Å². The molecule has 1 aromatic heterocycles. The number of aryl methyl sites for hydroxylation is 1. The number of fused-ring (bicyclic) bond motifs is 3. The molecule has 6 nitrogen and oxygen atoms in total. The van der Waals surface area contributed by atoms with E-state index in [4.69, 9.17) is 9.47 Å². The molecule has 0 radical (unpaired) electrons. The molecule has 2 unspecified atom stereocenters. The maximum atomic E-state index is 11.7. The highest BCUT2D eigenvalue weighted by atomic mass is 32.2. The van der Waals surface area contributed by atoms with Gasteiger partial charge in [-0.15, -0.1) is 6.58 Å². The summed E-state index contributed by atoms with van der Waals surface area (Å²) in [7, 11) is 1.74. The maximum absolute atomic E-state index is 11.7. The summed E-state index contributed by atoms with van der Waals surface area (Å²) in [6, 6.07) is 6.40. The molecule has 8 heteroatoms. The first-order valence-corrected chi connectivity index (χ1v) is 14.9. The first-order chi connectivity index (χ1) is 18.0. The molecule has 3 atom stereocenters. The number of aromatic nitrogens is 1. The van der Waals surface area contributed by atoms with Crippen molar-refractivity contribution in [2.24, 2.45) is 11.8 Å². The van der Waals surface area contributed by atoms with Crippen LogP contribution in [0.25, 0.3) is 10.9 Å². The Bertz CT molecular complexity index is 989. The van der Waals surface area contributed by atoms with Crippen molar-refractivity contribution in [3.8, 4) is 5.75 Å². The number of allylic oxidation sites excluding steroid dienone is 1. The summed E-state index contributed by atoms with van der Waals surface area (Å²) >= 11 is 4.93. The largest absolute Gasteiger partial charge is 0.488 e. The molecule has 2 aliphatic rings. The lowest BCUT2D eigenvalue weighted by molar-refractivity contribution is 0.0735. The second-order valence-electron chi connectivity index (χ2n) is 10.6. The fourth-order valence-electron chi connectivity index (χ4n) is 4.28. The van der Waals surface area contributed by atoms with E-state index in [1.54, 1.807) is 19.3 Å². The Kier molecular flexibility index (Phi) is 15.8. The molecule has 214 valence electrons. The highest BCUT2D eigenvalue weighted by Gasteiger charge is 2.29. The number of hydrogen-bond acceptors (Lipinski definition) is 8. The van der Waals surface area contributed by atoms with Crippen LogP contribution in [-0.2, 0) is 11.2 Å². The van der Waals surface area contributed by atoms with Crippen LogP contribution in [0.5, 0.6) is 5.75 Å². The van der Waals surface area contributed by atoms with E-state index in [-0.39, 0.29) is 10.9 Å². The predicted octanol–water partition coefficient (Wildman–Crippen LogP) is 8.32. The van der Waals surface area contributed by atoms with Gasteiger partial charge < -0.3 is 14.8 Å². The van der Waals surface area contributed by atoms with Crippen molar-refractivity contribution in [1.29, 1.82) is 0 Å². The maximum Gasteiger partial charge on any atom is 0.368 e. The van der Waals surface area contributed by atoms with Gasteiger partial charge in [-0.1, -0.05) is 45.7 Å². The molecule has 4 rings (SSSR count). The van der Waals surface area contributed by atoms with Gasteiger partial charge in [0.1, 0.15) is 12.2 Å². The van der Waals surface area contributed by atoms with Crippen LogP contribution in [0.2, 0.25) is 0 Å². The summed E-state index contributed by atoms with van der Waals surface area (Å²) < 4.78 is 13.4. The van der Waals surface area contributed by atoms with Crippen LogP contribution >= 0.6 is 24.6 Å². The van der Waals surface area contributed by atoms with Gasteiger partial charge in [-0.2, -0.15) is 0 Å². The normalized spacial score (nSPS) is 19.9. The Balaban J connectivity index is 0.000000315. The fourth-order valence-corrected chi connectivity index (χ4v) is 5.42. The number of ether oxygens (including phenoxy) is 2. The second-order valence-corrected chi connectivity index (χ2v) is 12.2. The fraction of sp³-hybridized carbons (Fsp3) is 0.600. The molecule has 0 spiro atoms. The number of thiol groups is 1. The third kappa shape index (κ3) is 12.3. The zero-order valence-corrected chi connectivity index (χ0v) is 26.3. The van der Waals surface area contributed by atoms with Gasteiger partial charge >= 0.3 is 5.30 Å². The van der Waals surface area contributed by atoms with Gasteiger partial charge in [0.25, 0.3) is 0 Å². The molecular weight excluding hydrogens is 514 g/mol. The minimum Gasteiger partial charge on any atom is -0.488 e. The van der Waals surface area contributed by atoms with Crippen molar-refractivity contribution < 1.29 is 14.3 Å². The van der Waals surface area contributed by atoms with Gasteiger partial charge in [-0.25, -0.2) is 4.79 Å². The topological polar surface area (TPSA) is 72.5 Å². The first-order valence-electron chi connectivity index (χ1n) is 13.5. The molecule has 1 aromatic carbocycles. The third-order valence-electron chi connectivity index (χ3n) is 5.96. The molecular formula is C30H49N3O3S2. The number of benzene rings is 1. The molecule has 1 fully saturated rings. The van der Waals surface area contributed by atoms with Gasteiger partial charge in [0.05, 0.1) is 17.4 Å². The smallest absolute Gasteiger partial charge is 0.368 e. The summed E-state index contributed by atoms with van der Waals surface area (Å²) in [4.78, 5) is 16.1. The molecule has 0 bridgehead atoms. The number of thioether (sulfide) groups is 1. The number of hydrogen-bond donors (Lipinski definition) is 3. The van der Waals surface area contributed by atoms with Crippen LogP contribution in [0.3, 0.4) is 0 Å². The molecule has 2 aromatic rings. The van der Waals surface area contributed by atoms with E-state index in [0.717, 1.165) is 47.6 Å². The average Bonchev–Trinajstić information content (AvgIpc) is 2.85. The molecule has 0 amide bonds. The Morgan fingerprint density at radius 2 is 2.00 bits per heavy atom. The van der Waals surface area contributed by atoms with Crippen molar-refractivity contribution in [2.45, 2.75) is 85.0 Å². The molecule has 0 saturated heterocycles. The Morgan fingerprint density at radius 1 is 1.34 bits per heavy atom. The van der Waals surface area contributed by atoms with Crippen molar-refractivity contribution in [2.75, 3.05) is 25.5 Å². The van der Waals surface area contributed by atoms with E-state index in [2.05, 4.69) is 73.4 Å². The van der Waals surface area contributed by atoms with Gasteiger partial charge in [-0.05, 0) is 102 Å². The number of pyridine rings is 1. The monoisotopic (exact) mass is 563 g/mol. The lowest BCUT2D eigenvalue weighted by Crippen LogP contribution is -2.27. The number of anilines is 1. The van der Waals surface area contributed by atoms with E-state index in [1.807, 2.05) is 27.7 Å². The first kappa shape index (κ1) is 34.1. The van der Waals surface area contributed by atoms with Crippen molar-refractivity contribution in [3.05, 3.63) is 42.6 Å². The Hall–Kier alpha value is -1.90. The van der Waals surface area contributed by atoms with Crippen molar-refractivity contribution in [3.63, 3.8) is 0 Å². The van der Waals surface area contributed by atoms with Crippen LogP contribution in [-0.4, -0.2) is 41.3 Å². The minimum absolute atomic E-state index is 0.112. The SMILES string of the molecule is C=CC.CC1C[C@@H](C)CCC1SC(=O)OC(C)(C)C.CCc1ccc2ncc3c(c2c1)NCCO3.CNS. The van der Waals surface area contributed by atoms with E-state index in [9.17, 15) is 4.79 Å². The standard InChI is InChI=1S/C13H14N2O.C13H24O2S.C3H6.CH5NS/c1-2-9-3-4-11-10(7-9)13-12(8-15-11)16-6-5-14-13;1-9-6-7-11(10(2)8-9)16-12(14)15-13(3,4)5;1-3-2;1-2-3/h3-4,7-8,14H,2,5-6H2,1H3;9-11H,6-8H2,1-5H3;3H,1H2,2H3;2-3H,1H3/t;9-,10?,11?;;/m.0../s1. The zero-order chi connectivity index (χ0) is 28.7. The number of carbonyl (C=O) groups excluding carboxylic acids is 1. The summed E-state index contributed by atoms with van der Waals surface area (Å²) in [6.45, 7) is 19.3. The van der Waals surface area contributed by atoms with Crippen LogP contribution in [0, 0.1) is 11.8 Å². The quantitative estimate of drug-likeness (QED) is 0.193. The van der Waals surface area contributed by atoms with E-state index >= 15 is 0 Å². The molecule has 2 heterocycles. The van der Waals surface area contributed by atoms with Crippen LogP contribution in [0.15, 0.2) is 37.1 Å². The number of carbonyl (C=O) groups is 1. The van der Waals surface area contributed by atoms with Crippen LogP contribution in [0.1, 0.15) is 73.3 Å². The molecule has 2 N–H and O–H groups in total. The lowest BCUT2D eigenvalue weighted by atomic mass is 9.83. The van der Waals surface area contributed by atoms with Gasteiger partial charge in [0.2, 0.25) is 0 Å². The van der Waals surface area contributed by atoms with E-state index < -0.39 is 0 Å². The average molecular weight is 564 g/mol. The van der Waals surface area contributed by atoms with Crippen LogP contribution < -0.4 is 14.8 Å². The van der Waals surface area contributed by atoms with Crippen LogP contribution in [0.4, 0.5) is 10.5 Å². The summed E-state index contributed by atoms with van der Waals surface area (Å²) in [6.07, 6.45) is 8.22. The molecule has 1 aliphatic heterocycles. The van der Waals surface area contributed by atoms with Crippen molar-refractivity contribution in [1.82, 2.24) is 9.71 Å². The van der Waals surface area contributed by atoms with E-state index in [1.165, 1.54) is 30.2 Å². The Morgan fingerprint density at radius 3 is 2.58 bits per heavy atom. The Labute approximate surface area is 240 Å². The zero-order valence-electron chi connectivity index (χ0n) is 24.6. The second kappa shape index (κ2) is 17.6. The summed E-state index contributed by atoms with van der Waals surface area (Å²) in [5.74, 6) is 2.30.